The van der Waals surface area contributed by atoms with Crippen molar-refractivity contribution in [2.75, 3.05) is 0 Å². The fourth-order valence-corrected chi connectivity index (χ4v) is 5.04. The van der Waals surface area contributed by atoms with Crippen molar-refractivity contribution in [3.8, 4) is 6.07 Å². The van der Waals surface area contributed by atoms with E-state index in [0.717, 1.165) is 18.3 Å². The highest BCUT2D eigenvalue weighted by atomic mass is 16.1. The molecule has 4 aliphatic rings. The van der Waals surface area contributed by atoms with Crippen LogP contribution in [0, 0.1) is 46.8 Å². The van der Waals surface area contributed by atoms with Crippen molar-refractivity contribution < 1.29 is 4.79 Å². The molecule has 4 fully saturated rings. The van der Waals surface area contributed by atoms with Gasteiger partial charge in [0.1, 0.15) is 5.78 Å². The van der Waals surface area contributed by atoms with Crippen molar-refractivity contribution in [2.24, 2.45) is 35.5 Å². The lowest BCUT2D eigenvalue weighted by atomic mass is 9.51. The molecule has 4 rings (SSSR count). The van der Waals surface area contributed by atoms with E-state index in [-0.39, 0.29) is 5.92 Å². The van der Waals surface area contributed by atoms with Crippen LogP contribution in [0.5, 0.6) is 0 Å². The molecule has 0 aromatic rings. The van der Waals surface area contributed by atoms with Crippen molar-refractivity contribution in [1.29, 1.82) is 5.26 Å². The van der Waals surface area contributed by atoms with Crippen LogP contribution in [0.2, 0.25) is 0 Å². The molecule has 2 heteroatoms. The van der Waals surface area contributed by atoms with E-state index in [1.165, 1.54) is 32.1 Å². The first-order valence-corrected chi connectivity index (χ1v) is 7.59. The first kappa shape index (κ1) is 12.2. The predicted octanol–water partition coefficient (Wildman–Crippen LogP) is 3.57. The van der Waals surface area contributed by atoms with Gasteiger partial charge in [-0.25, -0.2) is 0 Å². The van der Waals surface area contributed by atoms with Crippen LogP contribution in [0.4, 0.5) is 0 Å². The number of carbonyl (C=O) groups is 1. The molecule has 0 amide bonds. The maximum atomic E-state index is 12.4. The van der Waals surface area contributed by atoms with Crippen molar-refractivity contribution >= 4 is 5.78 Å². The van der Waals surface area contributed by atoms with E-state index in [1.54, 1.807) is 0 Å². The zero-order chi connectivity index (χ0) is 12.7. The topological polar surface area (TPSA) is 40.9 Å². The molecule has 1 unspecified atom stereocenters. The van der Waals surface area contributed by atoms with Crippen molar-refractivity contribution in [2.45, 2.75) is 51.9 Å². The van der Waals surface area contributed by atoms with Crippen LogP contribution in [0.25, 0.3) is 0 Å². The van der Waals surface area contributed by atoms with E-state index in [9.17, 15) is 4.79 Å². The van der Waals surface area contributed by atoms with Gasteiger partial charge in [0.25, 0.3) is 0 Å². The maximum Gasteiger partial charge on any atom is 0.136 e. The van der Waals surface area contributed by atoms with Gasteiger partial charge in [-0.15, -0.1) is 0 Å². The number of nitrogens with zero attached hydrogens (tertiary/aromatic N) is 1. The first-order valence-electron chi connectivity index (χ1n) is 7.59. The van der Waals surface area contributed by atoms with E-state index in [1.807, 2.05) is 6.92 Å². The van der Waals surface area contributed by atoms with Crippen LogP contribution in [-0.4, -0.2) is 5.78 Å². The smallest absolute Gasteiger partial charge is 0.136 e. The molecule has 0 aliphatic heterocycles. The van der Waals surface area contributed by atoms with Crippen molar-refractivity contribution in [1.82, 2.24) is 0 Å². The third-order valence-corrected chi connectivity index (χ3v) is 5.64. The Morgan fingerprint density at radius 2 is 1.72 bits per heavy atom. The molecule has 4 bridgehead atoms. The molecule has 0 aromatic carbocycles. The summed E-state index contributed by atoms with van der Waals surface area (Å²) in [5, 5.41) is 8.80. The second kappa shape index (κ2) is 4.68. The molecule has 0 radical (unpaired) electrons. The number of ketones is 1. The van der Waals surface area contributed by atoms with E-state index in [0.29, 0.717) is 30.0 Å². The molecule has 0 heterocycles. The average molecular weight is 245 g/mol. The number of hydrogen-bond acceptors (Lipinski definition) is 2. The predicted molar refractivity (Wildman–Crippen MR) is 69.6 cm³/mol. The Kier molecular flexibility index (Phi) is 3.18. The number of Topliss-reactive ketones (excluding diaryl/α,β-unsaturated/α-hetero) is 1. The largest absolute Gasteiger partial charge is 0.299 e. The van der Waals surface area contributed by atoms with Gasteiger partial charge in [-0.05, 0) is 69.1 Å². The summed E-state index contributed by atoms with van der Waals surface area (Å²) in [6.07, 6.45) is 8.11. The summed E-state index contributed by atoms with van der Waals surface area (Å²) in [5.74, 6) is 4.15. The minimum Gasteiger partial charge on any atom is -0.299 e. The molecule has 98 valence electrons. The van der Waals surface area contributed by atoms with Gasteiger partial charge in [0.2, 0.25) is 0 Å². The Bertz CT molecular complexity index is 353. The molecule has 4 saturated carbocycles. The van der Waals surface area contributed by atoms with Crippen molar-refractivity contribution in [3.05, 3.63) is 0 Å². The molecular weight excluding hydrogens is 222 g/mol. The lowest BCUT2D eigenvalue weighted by molar-refractivity contribution is -0.136. The highest BCUT2D eigenvalue weighted by molar-refractivity contribution is 5.82. The van der Waals surface area contributed by atoms with E-state index < -0.39 is 0 Å². The third-order valence-electron chi connectivity index (χ3n) is 5.64. The van der Waals surface area contributed by atoms with Crippen LogP contribution in [-0.2, 0) is 4.79 Å². The Hall–Kier alpha value is -0.840. The van der Waals surface area contributed by atoms with Crippen LogP contribution >= 0.6 is 0 Å². The van der Waals surface area contributed by atoms with E-state index in [4.69, 9.17) is 5.26 Å². The minimum absolute atomic E-state index is 0.0331. The fraction of sp³-hybridized carbons (Fsp3) is 0.875. The summed E-state index contributed by atoms with van der Waals surface area (Å²) in [6, 6.07) is 2.24. The van der Waals surface area contributed by atoms with Crippen LogP contribution in [0.3, 0.4) is 0 Å². The molecule has 1 atom stereocenters. The zero-order valence-electron chi connectivity index (χ0n) is 11.3. The summed E-state index contributed by atoms with van der Waals surface area (Å²) in [4.78, 5) is 12.4. The minimum atomic E-state index is 0.0331. The second-order valence-electron chi connectivity index (χ2n) is 6.99. The van der Waals surface area contributed by atoms with Crippen LogP contribution in [0.15, 0.2) is 0 Å². The quantitative estimate of drug-likeness (QED) is 0.759. The van der Waals surface area contributed by atoms with E-state index in [2.05, 4.69) is 6.07 Å². The lowest BCUT2D eigenvalue weighted by Crippen LogP contribution is -2.48. The molecule has 0 spiro atoms. The molecule has 2 nitrogen and oxygen atoms in total. The van der Waals surface area contributed by atoms with Gasteiger partial charge in [0.15, 0.2) is 0 Å². The lowest BCUT2D eigenvalue weighted by Gasteiger charge is -2.53. The highest BCUT2D eigenvalue weighted by Crippen LogP contribution is 2.56. The Labute approximate surface area is 110 Å². The van der Waals surface area contributed by atoms with E-state index >= 15 is 0 Å². The van der Waals surface area contributed by atoms with Gasteiger partial charge in [-0.2, -0.15) is 5.26 Å². The first-order chi connectivity index (χ1) is 8.67. The Balaban J connectivity index is 1.62. The summed E-state index contributed by atoms with van der Waals surface area (Å²) >= 11 is 0. The van der Waals surface area contributed by atoms with Gasteiger partial charge in [0.05, 0.1) is 6.07 Å². The standard InChI is InChI=1S/C16H23NO/c1-10(9-17)2-3-15(18)16-13-5-11-4-12(7-13)8-14(16)6-11/h10-14,16H,2-8H2,1H3. The monoisotopic (exact) mass is 245 g/mol. The fourth-order valence-electron chi connectivity index (χ4n) is 5.04. The van der Waals surface area contributed by atoms with Gasteiger partial charge in [0, 0.05) is 18.3 Å². The van der Waals surface area contributed by atoms with Crippen LogP contribution in [0.1, 0.15) is 51.9 Å². The molecule has 0 saturated heterocycles. The number of rotatable bonds is 4. The summed E-state index contributed by atoms with van der Waals surface area (Å²) in [6.45, 7) is 1.92. The average Bonchev–Trinajstić information content (AvgIpc) is 2.34. The normalized spacial score (nSPS) is 42.6. The molecule has 18 heavy (non-hydrogen) atoms. The van der Waals surface area contributed by atoms with Crippen LogP contribution < -0.4 is 0 Å². The van der Waals surface area contributed by atoms with Gasteiger partial charge in [-0.1, -0.05) is 0 Å². The highest BCUT2D eigenvalue weighted by Gasteiger charge is 2.50. The molecular formula is C16H23NO. The number of carbonyl (C=O) groups excluding carboxylic acids is 1. The SMILES string of the molecule is CC(C#N)CCC(=O)C1C2CC3CC(C2)CC1C3. The maximum absolute atomic E-state index is 12.4. The number of hydrogen-bond donors (Lipinski definition) is 0. The summed E-state index contributed by atoms with van der Waals surface area (Å²) < 4.78 is 0. The second-order valence-corrected chi connectivity index (χ2v) is 6.99. The van der Waals surface area contributed by atoms with Gasteiger partial charge >= 0.3 is 0 Å². The third kappa shape index (κ3) is 2.09. The van der Waals surface area contributed by atoms with Gasteiger partial charge < -0.3 is 0 Å². The molecule has 0 N–H and O–H groups in total. The Morgan fingerprint density at radius 1 is 1.17 bits per heavy atom. The Morgan fingerprint density at radius 3 is 2.22 bits per heavy atom. The molecule has 4 aliphatic carbocycles. The van der Waals surface area contributed by atoms with Gasteiger partial charge in [-0.3, -0.25) is 4.79 Å². The zero-order valence-corrected chi connectivity index (χ0v) is 11.3. The number of nitriles is 1. The summed E-state index contributed by atoms with van der Waals surface area (Å²) in [5.41, 5.74) is 0. The van der Waals surface area contributed by atoms with Crippen molar-refractivity contribution in [3.63, 3.8) is 0 Å². The summed E-state index contributed by atoms with van der Waals surface area (Å²) in [7, 11) is 0. The molecule has 0 aromatic heterocycles.